The van der Waals surface area contributed by atoms with Crippen LogP contribution in [0.3, 0.4) is 0 Å². The molecule has 142 valence electrons. The molecule has 0 aliphatic rings. The number of nitrogens with zero attached hydrogens (tertiary/aromatic N) is 4. The second-order valence-electron chi connectivity index (χ2n) is 6.57. The maximum absolute atomic E-state index is 12.3. The molecule has 0 saturated carbocycles. The summed E-state index contributed by atoms with van der Waals surface area (Å²) in [5.74, 6) is -0.220. The lowest BCUT2D eigenvalue weighted by Gasteiger charge is -2.06. The molecule has 7 heteroatoms. The van der Waals surface area contributed by atoms with Crippen LogP contribution >= 0.6 is 11.6 Å². The van der Waals surface area contributed by atoms with Gasteiger partial charge in [0.05, 0.1) is 12.7 Å². The molecule has 0 bridgehead atoms. The van der Waals surface area contributed by atoms with Gasteiger partial charge in [0, 0.05) is 29.8 Å². The monoisotopic (exact) mass is 393 g/mol. The molecule has 0 radical (unpaired) electrons. The van der Waals surface area contributed by atoms with Crippen molar-refractivity contribution in [1.29, 1.82) is 0 Å². The first-order chi connectivity index (χ1) is 13.7. The Labute approximate surface area is 167 Å². The van der Waals surface area contributed by atoms with E-state index >= 15 is 0 Å². The largest absolute Gasteiger partial charge is 0.351 e. The Balaban J connectivity index is 1.28. The van der Waals surface area contributed by atoms with E-state index in [0.717, 1.165) is 18.5 Å². The highest BCUT2D eigenvalue weighted by molar-refractivity contribution is 6.31. The van der Waals surface area contributed by atoms with Crippen molar-refractivity contribution in [3.8, 4) is 0 Å². The van der Waals surface area contributed by atoms with Crippen LogP contribution in [-0.2, 0) is 13.1 Å². The topological polar surface area (TPSA) is 64.7 Å². The summed E-state index contributed by atoms with van der Waals surface area (Å²) in [4.78, 5) is 12.3. The van der Waals surface area contributed by atoms with Crippen molar-refractivity contribution >= 4 is 28.4 Å². The standard InChI is InChI=1S/C21H20ClN5O/c22-18-8-3-1-7-17(18)14-27-15-19(24-25-27)21(28)23-11-5-12-26-13-10-16-6-2-4-9-20(16)26/h1-4,6-10,13,15H,5,11-12,14H2,(H,23,28). The molecule has 0 spiro atoms. The highest BCUT2D eigenvalue weighted by Crippen LogP contribution is 2.16. The van der Waals surface area contributed by atoms with Crippen molar-refractivity contribution in [3.63, 3.8) is 0 Å². The fraction of sp³-hybridized carbons (Fsp3) is 0.190. The van der Waals surface area contributed by atoms with Gasteiger partial charge in [0.25, 0.3) is 5.91 Å². The molecule has 0 atom stereocenters. The number of carbonyl (C=O) groups excluding carboxylic acids is 1. The molecule has 0 aliphatic carbocycles. The Morgan fingerprint density at radius 2 is 1.89 bits per heavy atom. The zero-order valence-electron chi connectivity index (χ0n) is 15.3. The van der Waals surface area contributed by atoms with Crippen LogP contribution < -0.4 is 5.32 Å². The molecular weight excluding hydrogens is 374 g/mol. The molecule has 4 aromatic rings. The van der Waals surface area contributed by atoms with E-state index in [1.54, 1.807) is 10.9 Å². The van der Waals surface area contributed by atoms with Gasteiger partial charge in [-0.1, -0.05) is 53.2 Å². The van der Waals surface area contributed by atoms with Crippen LogP contribution in [-0.4, -0.2) is 32.0 Å². The SMILES string of the molecule is O=C(NCCCn1ccc2ccccc21)c1cn(Cc2ccccc2Cl)nn1. The molecular formula is C21H20ClN5O. The van der Waals surface area contributed by atoms with Gasteiger partial charge in [-0.15, -0.1) is 5.10 Å². The minimum Gasteiger partial charge on any atom is -0.351 e. The van der Waals surface area contributed by atoms with E-state index in [-0.39, 0.29) is 5.91 Å². The molecule has 0 fully saturated rings. The van der Waals surface area contributed by atoms with Crippen LogP contribution in [0, 0.1) is 0 Å². The summed E-state index contributed by atoms with van der Waals surface area (Å²) in [5.41, 5.74) is 2.44. The summed E-state index contributed by atoms with van der Waals surface area (Å²) in [6.07, 6.45) is 4.54. The van der Waals surface area contributed by atoms with Gasteiger partial charge < -0.3 is 9.88 Å². The predicted octanol–water partition coefficient (Wildman–Crippen LogP) is 3.75. The maximum Gasteiger partial charge on any atom is 0.273 e. The molecule has 4 rings (SSSR count). The number of hydrogen-bond donors (Lipinski definition) is 1. The molecule has 2 aromatic heterocycles. The molecule has 0 aliphatic heterocycles. The fourth-order valence-electron chi connectivity index (χ4n) is 3.16. The Morgan fingerprint density at radius 1 is 1.07 bits per heavy atom. The van der Waals surface area contributed by atoms with Crippen molar-refractivity contribution in [2.45, 2.75) is 19.5 Å². The number of benzene rings is 2. The van der Waals surface area contributed by atoms with E-state index in [0.29, 0.717) is 23.8 Å². The van der Waals surface area contributed by atoms with E-state index in [4.69, 9.17) is 11.6 Å². The maximum atomic E-state index is 12.3. The van der Waals surface area contributed by atoms with Crippen molar-refractivity contribution in [3.05, 3.63) is 83.3 Å². The lowest BCUT2D eigenvalue weighted by molar-refractivity contribution is 0.0947. The summed E-state index contributed by atoms with van der Waals surface area (Å²) in [6, 6.07) is 17.9. The lowest BCUT2D eigenvalue weighted by Crippen LogP contribution is -2.25. The number of aryl methyl sites for hydroxylation is 1. The van der Waals surface area contributed by atoms with E-state index in [1.165, 1.54) is 10.9 Å². The summed E-state index contributed by atoms with van der Waals surface area (Å²) < 4.78 is 3.81. The fourth-order valence-corrected chi connectivity index (χ4v) is 3.35. The number of aromatic nitrogens is 4. The van der Waals surface area contributed by atoms with Crippen LogP contribution in [0.4, 0.5) is 0 Å². The molecule has 1 N–H and O–H groups in total. The van der Waals surface area contributed by atoms with Gasteiger partial charge in [0.2, 0.25) is 0 Å². The van der Waals surface area contributed by atoms with Crippen molar-refractivity contribution in [2.24, 2.45) is 0 Å². The second kappa shape index (κ2) is 8.27. The smallest absolute Gasteiger partial charge is 0.273 e. The number of carbonyl (C=O) groups is 1. The molecule has 0 unspecified atom stereocenters. The molecule has 28 heavy (non-hydrogen) atoms. The van der Waals surface area contributed by atoms with Gasteiger partial charge in [0.1, 0.15) is 0 Å². The van der Waals surface area contributed by atoms with E-state index < -0.39 is 0 Å². The minimum absolute atomic E-state index is 0.220. The van der Waals surface area contributed by atoms with Crippen molar-refractivity contribution in [1.82, 2.24) is 24.9 Å². The Hall–Kier alpha value is -3.12. The third-order valence-corrected chi connectivity index (χ3v) is 4.97. The van der Waals surface area contributed by atoms with Gasteiger partial charge in [-0.05, 0) is 35.6 Å². The number of fused-ring (bicyclic) bond motifs is 1. The van der Waals surface area contributed by atoms with Gasteiger partial charge in [-0.25, -0.2) is 4.68 Å². The second-order valence-corrected chi connectivity index (χ2v) is 6.98. The normalized spacial score (nSPS) is 11.0. The zero-order valence-corrected chi connectivity index (χ0v) is 16.0. The zero-order chi connectivity index (χ0) is 19.3. The molecule has 2 heterocycles. The van der Waals surface area contributed by atoms with Crippen LogP contribution in [0.1, 0.15) is 22.5 Å². The van der Waals surface area contributed by atoms with Crippen LogP contribution in [0.25, 0.3) is 10.9 Å². The van der Waals surface area contributed by atoms with Crippen molar-refractivity contribution in [2.75, 3.05) is 6.54 Å². The molecule has 0 saturated heterocycles. The van der Waals surface area contributed by atoms with Gasteiger partial charge in [-0.3, -0.25) is 4.79 Å². The third-order valence-electron chi connectivity index (χ3n) is 4.60. The first kappa shape index (κ1) is 18.3. The summed E-state index contributed by atoms with van der Waals surface area (Å²) in [6.45, 7) is 1.89. The van der Waals surface area contributed by atoms with Gasteiger partial charge >= 0.3 is 0 Å². The molecule has 1 amide bonds. The predicted molar refractivity (Wildman–Crippen MR) is 109 cm³/mol. The van der Waals surface area contributed by atoms with E-state index in [2.05, 4.69) is 44.6 Å². The average Bonchev–Trinajstić information content (AvgIpc) is 3.34. The number of nitrogens with one attached hydrogen (secondary N) is 1. The first-order valence-corrected chi connectivity index (χ1v) is 9.54. The lowest BCUT2D eigenvalue weighted by atomic mass is 10.2. The Morgan fingerprint density at radius 3 is 2.79 bits per heavy atom. The number of para-hydroxylation sites is 1. The van der Waals surface area contributed by atoms with Gasteiger partial charge in [-0.2, -0.15) is 0 Å². The van der Waals surface area contributed by atoms with Crippen LogP contribution in [0.2, 0.25) is 5.02 Å². The highest BCUT2D eigenvalue weighted by Gasteiger charge is 2.11. The molecule has 2 aromatic carbocycles. The molecule has 6 nitrogen and oxygen atoms in total. The Bertz CT molecular complexity index is 1100. The number of amides is 1. The number of halogens is 1. The summed E-state index contributed by atoms with van der Waals surface area (Å²) >= 11 is 6.16. The van der Waals surface area contributed by atoms with Gasteiger partial charge in [0.15, 0.2) is 5.69 Å². The van der Waals surface area contributed by atoms with Crippen LogP contribution in [0.15, 0.2) is 67.0 Å². The van der Waals surface area contributed by atoms with Crippen molar-refractivity contribution < 1.29 is 4.79 Å². The van der Waals surface area contributed by atoms with Crippen LogP contribution in [0.5, 0.6) is 0 Å². The quantitative estimate of drug-likeness (QED) is 0.486. The minimum atomic E-state index is -0.220. The average molecular weight is 394 g/mol. The first-order valence-electron chi connectivity index (χ1n) is 9.16. The summed E-state index contributed by atoms with van der Waals surface area (Å²) in [7, 11) is 0. The Kier molecular flexibility index (Phi) is 5.39. The number of hydrogen-bond acceptors (Lipinski definition) is 3. The number of rotatable bonds is 7. The summed E-state index contributed by atoms with van der Waals surface area (Å²) in [5, 5.41) is 12.8. The third kappa shape index (κ3) is 4.07. The van der Waals surface area contributed by atoms with E-state index in [9.17, 15) is 4.79 Å². The van der Waals surface area contributed by atoms with E-state index in [1.807, 2.05) is 36.4 Å². The highest BCUT2D eigenvalue weighted by atomic mass is 35.5.